The standard InChI is InChI=1S/C16H17BrFNO/c1-3-19-16(11-5-4-6-12(17)9-11)14-8-7-13(20-2)10-15(14)18/h4-10,16,19H,3H2,1-2H3. The number of nitrogens with one attached hydrogen (secondary N) is 1. The van der Waals surface area contributed by atoms with E-state index < -0.39 is 0 Å². The number of methoxy groups -OCH3 is 1. The molecule has 0 aliphatic heterocycles. The van der Waals surface area contributed by atoms with E-state index >= 15 is 0 Å². The summed E-state index contributed by atoms with van der Waals surface area (Å²) in [6.45, 7) is 2.76. The van der Waals surface area contributed by atoms with Crippen molar-refractivity contribution in [3.8, 4) is 5.75 Å². The highest BCUT2D eigenvalue weighted by Gasteiger charge is 2.17. The van der Waals surface area contributed by atoms with Crippen molar-refractivity contribution in [1.29, 1.82) is 0 Å². The summed E-state index contributed by atoms with van der Waals surface area (Å²) in [7, 11) is 1.53. The van der Waals surface area contributed by atoms with Gasteiger partial charge < -0.3 is 10.1 Å². The van der Waals surface area contributed by atoms with Crippen LogP contribution in [0.1, 0.15) is 24.1 Å². The third-order valence-corrected chi connectivity index (χ3v) is 3.60. The highest BCUT2D eigenvalue weighted by molar-refractivity contribution is 9.10. The van der Waals surface area contributed by atoms with E-state index in [2.05, 4.69) is 21.2 Å². The van der Waals surface area contributed by atoms with Crippen molar-refractivity contribution in [3.05, 3.63) is 63.9 Å². The smallest absolute Gasteiger partial charge is 0.132 e. The van der Waals surface area contributed by atoms with Crippen LogP contribution in [0, 0.1) is 5.82 Å². The molecule has 106 valence electrons. The van der Waals surface area contributed by atoms with Gasteiger partial charge in [-0.15, -0.1) is 0 Å². The molecule has 4 heteroatoms. The van der Waals surface area contributed by atoms with Gasteiger partial charge in [0.05, 0.1) is 13.2 Å². The summed E-state index contributed by atoms with van der Waals surface area (Å²) in [6.07, 6.45) is 0. The molecular weight excluding hydrogens is 321 g/mol. The quantitative estimate of drug-likeness (QED) is 0.878. The molecule has 0 aliphatic rings. The molecule has 1 atom stereocenters. The summed E-state index contributed by atoms with van der Waals surface area (Å²) in [6, 6.07) is 12.7. The lowest BCUT2D eigenvalue weighted by molar-refractivity contribution is 0.410. The highest BCUT2D eigenvalue weighted by atomic mass is 79.9. The number of ether oxygens (including phenoxy) is 1. The van der Waals surface area contributed by atoms with E-state index in [9.17, 15) is 4.39 Å². The minimum absolute atomic E-state index is 0.177. The van der Waals surface area contributed by atoms with E-state index in [0.29, 0.717) is 11.3 Å². The van der Waals surface area contributed by atoms with Crippen LogP contribution in [0.5, 0.6) is 5.75 Å². The summed E-state index contributed by atoms with van der Waals surface area (Å²) < 4.78 is 20.3. The van der Waals surface area contributed by atoms with Crippen molar-refractivity contribution in [2.75, 3.05) is 13.7 Å². The van der Waals surface area contributed by atoms with Crippen LogP contribution in [0.15, 0.2) is 46.9 Å². The van der Waals surface area contributed by atoms with Gasteiger partial charge in [-0.2, -0.15) is 0 Å². The molecular formula is C16H17BrFNO. The number of hydrogen-bond acceptors (Lipinski definition) is 2. The van der Waals surface area contributed by atoms with Crippen LogP contribution in [0.4, 0.5) is 4.39 Å². The van der Waals surface area contributed by atoms with E-state index in [1.165, 1.54) is 13.2 Å². The maximum Gasteiger partial charge on any atom is 0.132 e. The Balaban J connectivity index is 2.43. The molecule has 0 amide bonds. The Morgan fingerprint density at radius 1 is 1.25 bits per heavy atom. The van der Waals surface area contributed by atoms with E-state index in [1.54, 1.807) is 12.1 Å². The zero-order valence-corrected chi connectivity index (χ0v) is 13.1. The van der Waals surface area contributed by atoms with Crippen molar-refractivity contribution in [3.63, 3.8) is 0 Å². The number of halogens is 2. The molecule has 2 nitrogen and oxygen atoms in total. The Kier molecular flexibility index (Phi) is 5.15. The Labute approximate surface area is 127 Å². The highest BCUT2D eigenvalue weighted by Crippen LogP contribution is 2.28. The minimum atomic E-state index is -0.268. The van der Waals surface area contributed by atoms with Gasteiger partial charge in [-0.05, 0) is 30.3 Å². The fourth-order valence-corrected chi connectivity index (χ4v) is 2.58. The SMILES string of the molecule is CCNC(c1cccc(Br)c1)c1ccc(OC)cc1F. The molecule has 0 radical (unpaired) electrons. The van der Waals surface area contributed by atoms with Crippen molar-refractivity contribution >= 4 is 15.9 Å². The predicted molar refractivity (Wildman–Crippen MR) is 82.6 cm³/mol. The van der Waals surface area contributed by atoms with Crippen LogP contribution < -0.4 is 10.1 Å². The topological polar surface area (TPSA) is 21.3 Å². The van der Waals surface area contributed by atoms with Gasteiger partial charge in [0, 0.05) is 16.1 Å². The molecule has 0 saturated carbocycles. The minimum Gasteiger partial charge on any atom is -0.497 e. The molecule has 0 bridgehead atoms. The predicted octanol–water partition coefficient (Wildman–Crippen LogP) is 4.30. The normalized spacial score (nSPS) is 12.2. The molecule has 2 aromatic rings. The fraction of sp³-hybridized carbons (Fsp3) is 0.250. The van der Waals surface area contributed by atoms with Gasteiger partial charge in [0.15, 0.2) is 0 Å². The second-order valence-electron chi connectivity index (χ2n) is 4.43. The summed E-state index contributed by atoms with van der Waals surface area (Å²) in [5, 5.41) is 3.32. The molecule has 0 fully saturated rings. The average molecular weight is 338 g/mol. The largest absolute Gasteiger partial charge is 0.497 e. The Morgan fingerprint density at radius 3 is 2.65 bits per heavy atom. The van der Waals surface area contributed by atoms with E-state index in [4.69, 9.17) is 4.74 Å². The third kappa shape index (κ3) is 3.38. The maximum absolute atomic E-state index is 14.3. The molecule has 2 rings (SSSR count). The molecule has 1 unspecified atom stereocenters. The van der Waals surface area contributed by atoms with Crippen LogP contribution in [-0.4, -0.2) is 13.7 Å². The Bertz CT molecular complexity index is 588. The second kappa shape index (κ2) is 6.86. The lowest BCUT2D eigenvalue weighted by Crippen LogP contribution is -2.23. The first-order valence-electron chi connectivity index (χ1n) is 6.48. The van der Waals surface area contributed by atoms with Crippen molar-refractivity contribution in [2.24, 2.45) is 0 Å². The van der Waals surface area contributed by atoms with Crippen molar-refractivity contribution < 1.29 is 9.13 Å². The van der Waals surface area contributed by atoms with Gasteiger partial charge in [-0.25, -0.2) is 4.39 Å². The summed E-state index contributed by atoms with van der Waals surface area (Å²) in [4.78, 5) is 0. The average Bonchev–Trinajstić information content (AvgIpc) is 2.45. The molecule has 0 aliphatic carbocycles. The molecule has 20 heavy (non-hydrogen) atoms. The zero-order chi connectivity index (χ0) is 14.5. The van der Waals surface area contributed by atoms with Crippen LogP contribution in [0.3, 0.4) is 0 Å². The van der Waals surface area contributed by atoms with Gasteiger partial charge in [0.2, 0.25) is 0 Å². The van der Waals surface area contributed by atoms with Gasteiger partial charge in [0.25, 0.3) is 0 Å². The molecule has 0 saturated heterocycles. The van der Waals surface area contributed by atoms with Gasteiger partial charge in [0.1, 0.15) is 11.6 Å². The van der Waals surface area contributed by atoms with Gasteiger partial charge in [-0.3, -0.25) is 0 Å². The molecule has 0 aromatic heterocycles. The van der Waals surface area contributed by atoms with Crippen LogP contribution in [0.2, 0.25) is 0 Å². The van der Waals surface area contributed by atoms with E-state index in [0.717, 1.165) is 16.6 Å². The lowest BCUT2D eigenvalue weighted by Gasteiger charge is -2.20. The number of benzene rings is 2. The van der Waals surface area contributed by atoms with Crippen molar-refractivity contribution in [2.45, 2.75) is 13.0 Å². The first-order valence-corrected chi connectivity index (χ1v) is 7.27. The molecule has 2 aromatic carbocycles. The zero-order valence-electron chi connectivity index (χ0n) is 11.5. The maximum atomic E-state index is 14.3. The van der Waals surface area contributed by atoms with E-state index in [-0.39, 0.29) is 11.9 Å². The van der Waals surface area contributed by atoms with Crippen LogP contribution >= 0.6 is 15.9 Å². The Morgan fingerprint density at radius 2 is 2.05 bits per heavy atom. The van der Waals surface area contributed by atoms with E-state index in [1.807, 2.05) is 31.2 Å². The molecule has 0 heterocycles. The summed E-state index contributed by atoms with van der Waals surface area (Å²) in [5.74, 6) is 0.256. The lowest BCUT2D eigenvalue weighted by atomic mass is 9.98. The first kappa shape index (κ1) is 15.0. The molecule has 0 spiro atoms. The van der Waals surface area contributed by atoms with Crippen LogP contribution in [0.25, 0.3) is 0 Å². The summed E-state index contributed by atoms with van der Waals surface area (Å²) >= 11 is 3.45. The summed E-state index contributed by atoms with van der Waals surface area (Å²) in [5.41, 5.74) is 1.64. The van der Waals surface area contributed by atoms with Crippen molar-refractivity contribution in [1.82, 2.24) is 5.32 Å². The van der Waals surface area contributed by atoms with Gasteiger partial charge in [-0.1, -0.05) is 41.1 Å². The van der Waals surface area contributed by atoms with Gasteiger partial charge >= 0.3 is 0 Å². The number of rotatable bonds is 5. The first-order chi connectivity index (χ1) is 9.65. The Hall–Kier alpha value is -1.39. The second-order valence-corrected chi connectivity index (χ2v) is 5.35. The van der Waals surface area contributed by atoms with Crippen LogP contribution in [-0.2, 0) is 0 Å². The monoisotopic (exact) mass is 337 g/mol. The molecule has 1 N–H and O–H groups in total. The fourth-order valence-electron chi connectivity index (χ4n) is 2.17. The third-order valence-electron chi connectivity index (χ3n) is 3.11. The number of hydrogen-bond donors (Lipinski definition) is 1.